The standard InChI is InChI=1S/C13H18FNO/c1-10-8-15(7-6-13(10)16)9-11-2-4-12(14)5-3-11/h2-5,10,13,16H,6-9H2,1H3/t10-,13-/m1/s1. The highest BCUT2D eigenvalue weighted by atomic mass is 19.1. The molecule has 0 aromatic heterocycles. The summed E-state index contributed by atoms with van der Waals surface area (Å²) in [6.45, 7) is 4.75. The molecule has 0 radical (unpaired) electrons. The first-order valence-corrected chi connectivity index (χ1v) is 5.80. The van der Waals surface area contributed by atoms with Crippen LogP contribution >= 0.6 is 0 Å². The first-order valence-electron chi connectivity index (χ1n) is 5.80. The average molecular weight is 223 g/mol. The van der Waals surface area contributed by atoms with E-state index in [0.717, 1.165) is 31.6 Å². The van der Waals surface area contributed by atoms with Crippen LogP contribution in [0.25, 0.3) is 0 Å². The molecule has 1 heterocycles. The number of hydrogen-bond acceptors (Lipinski definition) is 2. The van der Waals surface area contributed by atoms with E-state index in [4.69, 9.17) is 0 Å². The zero-order chi connectivity index (χ0) is 11.5. The second-order valence-corrected chi connectivity index (χ2v) is 4.69. The number of aliphatic hydroxyl groups excluding tert-OH is 1. The van der Waals surface area contributed by atoms with E-state index in [1.807, 2.05) is 12.1 Å². The summed E-state index contributed by atoms with van der Waals surface area (Å²) in [5.74, 6) is 0.139. The summed E-state index contributed by atoms with van der Waals surface area (Å²) < 4.78 is 12.7. The molecule has 88 valence electrons. The van der Waals surface area contributed by atoms with Crippen molar-refractivity contribution in [3.05, 3.63) is 35.6 Å². The van der Waals surface area contributed by atoms with Gasteiger partial charge in [-0.05, 0) is 30.0 Å². The van der Waals surface area contributed by atoms with Crippen LogP contribution in [0.4, 0.5) is 4.39 Å². The summed E-state index contributed by atoms with van der Waals surface area (Å²) in [7, 11) is 0. The lowest BCUT2D eigenvalue weighted by atomic mass is 9.96. The fourth-order valence-electron chi connectivity index (χ4n) is 2.21. The van der Waals surface area contributed by atoms with E-state index in [-0.39, 0.29) is 11.9 Å². The highest BCUT2D eigenvalue weighted by Gasteiger charge is 2.23. The van der Waals surface area contributed by atoms with E-state index < -0.39 is 0 Å². The summed E-state index contributed by atoms with van der Waals surface area (Å²) in [5.41, 5.74) is 1.13. The lowest BCUT2D eigenvalue weighted by molar-refractivity contribution is 0.0320. The molecule has 0 saturated carbocycles. The van der Waals surface area contributed by atoms with Gasteiger partial charge in [-0.2, -0.15) is 0 Å². The molecule has 16 heavy (non-hydrogen) atoms. The number of benzene rings is 1. The Balaban J connectivity index is 1.93. The zero-order valence-electron chi connectivity index (χ0n) is 9.56. The quantitative estimate of drug-likeness (QED) is 0.829. The van der Waals surface area contributed by atoms with Gasteiger partial charge in [0.25, 0.3) is 0 Å². The van der Waals surface area contributed by atoms with Crippen molar-refractivity contribution < 1.29 is 9.50 Å². The minimum Gasteiger partial charge on any atom is -0.393 e. The van der Waals surface area contributed by atoms with E-state index in [9.17, 15) is 9.50 Å². The Morgan fingerprint density at radius 2 is 2.06 bits per heavy atom. The number of halogens is 1. The number of piperidine rings is 1. The van der Waals surface area contributed by atoms with Gasteiger partial charge in [0.15, 0.2) is 0 Å². The van der Waals surface area contributed by atoms with Crippen molar-refractivity contribution in [2.24, 2.45) is 5.92 Å². The van der Waals surface area contributed by atoms with Crippen LogP contribution in [0.5, 0.6) is 0 Å². The third-order valence-corrected chi connectivity index (χ3v) is 3.26. The molecule has 1 saturated heterocycles. The molecule has 0 unspecified atom stereocenters. The summed E-state index contributed by atoms with van der Waals surface area (Å²) in [4.78, 5) is 2.31. The summed E-state index contributed by atoms with van der Waals surface area (Å²) >= 11 is 0. The minimum absolute atomic E-state index is 0.163. The first-order chi connectivity index (χ1) is 7.65. The molecule has 1 aliphatic heterocycles. The summed E-state index contributed by atoms with van der Waals surface area (Å²) in [5, 5.41) is 9.62. The normalized spacial score (nSPS) is 26.9. The van der Waals surface area contributed by atoms with Crippen molar-refractivity contribution >= 4 is 0 Å². The predicted octanol–water partition coefficient (Wildman–Crippen LogP) is 2.03. The van der Waals surface area contributed by atoms with Crippen molar-refractivity contribution in [3.8, 4) is 0 Å². The van der Waals surface area contributed by atoms with Crippen LogP contribution < -0.4 is 0 Å². The molecule has 1 aromatic rings. The third-order valence-electron chi connectivity index (χ3n) is 3.26. The number of likely N-dealkylation sites (tertiary alicyclic amines) is 1. The van der Waals surface area contributed by atoms with Crippen molar-refractivity contribution in [2.75, 3.05) is 13.1 Å². The monoisotopic (exact) mass is 223 g/mol. The molecule has 1 N–H and O–H groups in total. The topological polar surface area (TPSA) is 23.5 Å². The molecule has 1 aliphatic rings. The first kappa shape index (κ1) is 11.6. The van der Waals surface area contributed by atoms with Gasteiger partial charge in [0.05, 0.1) is 6.10 Å². The molecular weight excluding hydrogens is 205 g/mol. The summed E-state index contributed by atoms with van der Waals surface area (Å²) in [6.07, 6.45) is 0.673. The number of rotatable bonds is 2. The highest BCUT2D eigenvalue weighted by Crippen LogP contribution is 2.18. The smallest absolute Gasteiger partial charge is 0.123 e. The molecule has 2 atom stereocenters. The Labute approximate surface area is 95.7 Å². The minimum atomic E-state index is -0.189. The molecule has 1 aromatic carbocycles. The van der Waals surface area contributed by atoms with Gasteiger partial charge in [-0.1, -0.05) is 19.1 Å². The van der Waals surface area contributed by atoms with E-state index >= 15 is 0 Å². The van der Waals surface area contributed by atoms with Crippen molar-refractivity contribution in [2.45, 2.75) is 26.0 Å². The van der Waals surface area contributed by atoms with Crippen LogP contribution in [0.15, 0.2) is 24.3 Å². The largest absolute Gasteiger partial charge is 0.393 e. The Morgan fingerprint density at radius 1 is 1.38 bits per heavy atom. The van der Waals surface area contributed by atoms with Crippen LogP contribution in [0.2, 0.25) is 0 Å². The molecular formula is C13H18FNO. The third kappa shape index (κ3) is 2.80. The zero-order valence-corrected chi connectivity index (χ0v) is 9.56. The second-order valence-electron chi connectivity index (χ2n) is 4.69. The van der Waals surface area contributed by atoms with E-state index in [1.165, 1.54) is 12.1 Å². The van der Waals surface area contributed by atoms with Gasteiger partial charge in [-0.3, -0.25) is 4.90 Å². The number of nitrogens with zero attached hydrogens (tertiary/aromatic N) is 1. The lowest BCUT2D eigenvalue weighted by Crippen LogP contribution is -2.41. The maximum absolute atomic E-state index is 12.7. The predicted molar refractivity (Wildman–Crippen MR) is 61.5 cm³/mol. The van der Waals surface area contributed by atoms with Gasteiger partial charge < -0.3 is 5.11 Å². The van der Waals surface area contributed by atoms with Crippen LogP contribution in [0.1, 0.15) is 18.9 Å². The van der Waals surface area contributed by atoms with Crippen LogP contribution in [-0.2, 0) is 6.54 Å². The second kappa shape index (κ2) is 4.93. The fraction of sp³-hybridized carbons (Fsp3) is 0.538. The molecule has 0 spiro atoms. The highest BCUT2D eigenvalue weighted by molar-refractivity contribution is 5.15. The SMILES string of the molecule is C[C@@H]1CN(Cc2ccc(F)cc2)CC[C@H]1O. The van der Waals surface area contributed by atoms with Crippen LogP contribution in [0.3, 0.4) is 0 Å². The van der Waals surface area contributed by atoms with Crippen molar-refractivity contribution in [3.63, 3.8) is 0 Å². The Kier molecular flexibility index (Phi) is 3.56. The molecule has 3 heteroatoms. The lowest BCUT2D eigenvalue weighted by Gasteiger charge is -2.34. The summed E-state index contributed by atoms with van der Waals surface area (Å²) in [6, 6.07) is 6.64. The maximum atomic E-state index is 12.7. The van der Waals surface area contributed by atoms with Gasteiger partial charge in [0.1, 0.15) is 5.82 Å². The van der Waals surface area contributed by atoms with Gasteiger partial charge in [-0.25, -0.2) is 4.39 Å². The Morgan fingerprint density at radius 3 is 2.69 bits per heavy atom. The van der Waals surface area contributed by atoms with Gasteiger partial charge in [0, 0.05) is 19.6 Å². The van der Waals surface area contributed by atoms with Gasteiger partial charge in [0.2, 0.25) is 0 Å². The molecule has 0 amide bonds. The Bertz CT molecular complexity index is 338. The van der Waals surface area contributed by atoms with Gasteiger partial charge in [-0.15, -0.1) is 0 Å². The number of aliphatic hydroxyl groups is 1. The molecule has 2 nitrogen and oxygen atoms in total. The van der Waals surface area contributed by atoms with Crippen molar-refractivity contribution in [1.29, 1.82) is 0 Å². The van der Waals surface area contributed by atoms with Gasteiger partial charge >= 0.3 is 0 Å². The van der Waals surface area contributed by atoms with Crippen LogP contribution in [-0.4, -0.2) is 29.2 Å². The fourth-order valence-corrected chi connectivity index (χ4v) is 2.21. The van der Waals surface area contributed by atoms with E-state index in [0.29, 0.717) is 5.92 Å². The molecule has 2 rings (SSSR count). The molecule has 0 aliphatic carbocycles. The van der Waals surface area contributed by atoms with E-state index in [1.54, 1.807) is 0 Å². The van der Waals surface area contributed by atoms with E-state index in [2.05, 4.69) is 11.8 Å². The maximum Gasteiger partial charge on any atom is 0.123 e. The molecule has 0 bridgehead atoms. The van der Waals surface area contributed by atoms with Crippen molar-refractivity contribution in [1.82, 2.24) is 4.90 Å². The Hall–Kier alpha value is -0.930. The van der Waals surface area contributed by atoms with Crippen LogP contribution in [0, 0.1) is 11.7 Å². The average Bonchev–Trinajstić information content (AvgIpc) is 2.27. The number of hydrogen-bond donors (Lipinski definition) is 1. The molecule has 1 fully saturated rings.